The highest BCUT2D eigenvalue weighted by molar-refractivity contribution is 6.08. The molecule has 0 saturated carbocycles. The minimum Gasteiger partial charge on any atom is -0.489 e. The lowest BCUT2D eigenvalue weighted by Gasteiger charge is -2.23. The van der Waals surface area contributed by atoms with Gasteiger partial charge in [-0.25, -0.2) is 4.98 Å². The molecule has 0 N–H and O–H groups in total. The number of hydrogen-bond acceptors (Lipinski definition) is 5. The minimum atomic E-state index is -0.217. The number of amides is 1. The highest BCUT2D eigenvalue weighted by Gasteiger charge is 2.23. The molecule has 0 unspecified atom stereocenters. The van der Waals surface area contributed by atoms with E-state index in [-0.39, 0.29) is 11.5 Å². The van der Waals surface area contributed by atoms with Crippen molar-refractivity contribution in [2.75, 3.05) is 26.8 Å². The molecule has 0 aliphatic rings. The summed E-state index contributed by atoms with van der Waals surface area (Å²) in [4.78, 5) is 34.1. The van der Waals surface area contributed by atoms with Gasteiger partial charge in [-0.1, -0.05) is 49.4 Å². The van der Waals surface area contributed by atoms with E-state index in [1.807, 2.05) is 79.2 Å². The summed E-state index contributed by atoms with van der Waals surface area (Å²) in [5, 5.41) is 0. The number of aryl methyl sites for hydroxylation is 1. The molecule has 0 atom stereocenters. The second-order valence-corrected chi connectivity index (χ2v) is 9.48. The number of carbonyl (C=O) groups is 1. The van der Waals surface area contributed by atoms with E-state index in [0.717, 1.165) is 17.5 Å². The first-order chi connectivity index (χ1) is 19.0. The van der Waals surface area contributed by atoms with E-state index in [2.05, 4.69) is 4.98 Å². The quantitative estimate of drug-likeness (QED) is 0.259. The van der Waals surface area contributed by atoms with Crippen LogP contribution in [0.3, 0.4) is 0 Å². The summed E-state index contributed by atoms with van der Waals surface area (Å²) in [6.45, 7) is 3.94. The third kappa shape index (κ3) is 5.28. The molecule has 0 bridgehead atoms. The molecule has 0 saturated heterocycles. The molecule has 0 aliphatic heterocycles. The Morgan fingerprint density at radius 1 is 1.03 bits per heavy atom. The van der Waals surface area contributed by atoms with Gasteiger partial charge in [0, 0.05) is 39.0 Å². The zero-order valence-corrected chi connectivity index (χ0v) is 22.5. The Morgan fingerprint density at radius 3 is 2.51 bits per heavy atom. The highest BCUT2D eigenvalue weighted by Crippen LogP contribution is 2.27. The SMILES string of the molecule is CCCN(CCOC)C(=O)c1cc(-c2ccc(OCc3ccccc3)cc2)c(=O)n2ccc3c(ncn3C)c12. The van der Waals surface area contributed by atoms with E-state index in [0.29, 0.717) is 59.8 Å². The smallest absolute Gasteiger partial charge is 0.263 e. The zero-order valence-electron chi connectivity index (χ0n) is 22.5. The van der Waals surface area contributed by atoms with Gasteiger partial charge in [-0.2, -0.15) is 0 Å². The van der Waals surface area contributed by atoms with E-state index in [4.69, 9.17) is 9.47 Å². The van der Waals surface area contributed by atoms with Gasteiger partial charge in [0.2, 0.25) is 0 Å². The summed E-state index contributed by atoms with van der Waals surface area (Å²) in [5.74, 6) is 0.539. The lowest BCUT2D eigenvalue weighted by Crippen LogP contribution is -2.35. The van der Waals surface area contributed by atoms with Crippen molar-refractivity contribution in [2.24, 2.45) is 7.05 Å². The lowest BCUT2D eigenvalue weighted by molar-refractivity contribution is 0.0697. The van der Waals surface area contributed by atoms with Crippen molar-refractivity contribution in [3.63, 3.8) is 0 Å². The molecule has 0 aliphatic carbocycles. The summed E-state index contributed by atoms with van der Waals surface area (Å²) in [7, 11) is 3.51. The first kappa shape index (κ1) is 26.2. The molecule has 0 fully saturated rings. The number of hydrogen-bond donors (Lipinski definition) is 0. The zero-order chi connectivity index (χ0) is 27.4. The molecule has 200 valence electrons. The Morgan fingerprint density at radius 2 is 1.79 bits per heavy atom. The second-order valence-electron chi connectivity index (χ2n) is 9.48. The van der Waals surface area contributed by atoms with Gasteiger partial charge < -0.3 is 18.9 Å². The van der Waals surface area contributed by atoms with E-state index < -0.39 is 0 Å². The number of aromatic nitrogens is 3. The molecule has 3 heterocycles. The third-order valence-corrected chi connectivity index (χ3v) is 6.81. The molecule has 5 rings (SSSR count). The fourth-order valence-electron chi connectivity index (χ4n) is 4.78. The number of rotatable bonds is 10. The van der Waals surface area contributed by atoms with Gasteiger partial charge in [-0.3, -0.25) is 14.0 Å². The van der Waals surface area contributed by atoms with Gasteiger partial charge in [0.1, 0.15) is 17.9 Å². The number of ether oxygens (including phenoxy) is 2. The van der Waals surface area contributed by atoms with Crippen LogP contribution < -0.4 is 10.3 Å². The first-order valence-electron chi connectivity index (χ1n) is 13.1. The predicted octanol–water partition coefficient (Wildman–Crippen LogP) is 4.93. The Kier molecular flexibility index (Phi) is 7.74. The summed E-state index contributed by atoms with van der Waals surface area (Å²) in [5.41, 5.74) is 4.39. The number of carbonyl (C=O) groups excluding carboxylic acids is 1. The van der Waals surface area contributed by atoms with Crippen LogP contribution in [0, 0.1) is 0 Å². The summed E-state index contributed by atoms with van der Waals surface area (Å²) in [6.07, 6.45) is 4.22. The fourth-order valence-corrected chi connectivity index (χ4v) is 4.78. The minimum absolute atomic E-state index is 0.159. The normalized spacial score (nSPS) is 11.3. The van der Waals surface area contributed by atoms with E-state index in [1.165, 1.54) is 4.40 Å². The fraction of sp³-hybridized carbons (Fsp3) is 0.258. The molecule has 1 amide bonds. The van der Waals surface area contributed by atoms with Crippen LogP contribution in [0.5, 0.6) is 5.75 Å². The van der Waals surface area contributed by atoms with Crippen LogP contribution in [0.1, 0.15) is 29.3 Å². The number of imidazole rings is 1. The van der Waals surface area contributed by atoms with E-state index in [1.54, 1.807) is 30.6 Å². The number of benzene rings is 2. The summed E-state index contributed by atoms with van der Waals surface area (Å²) >= 11 is 0. The lowest BCUT2D eigenvalue weighted by atomic mass is 10.0. The number of pyridine rings is 2. The van der Waals surface area contributed by atoms with Gasteiger partial charge in [0.05, 0.1) is 29.5 Å². The third-order valence-electron chi connectivity index (χ3n) is 6.81. The van der Waals surface area contributed by atoms with Crippen molar-refractivity contribution in [1.29, 1.82) is 0 Å². The average Bonchev–Trinajstić information content (AvgIpc) is 3.35. The van der Waals surface area contributed by atoms with Gasteiger partial charge in [0.15, 0.2) is 0 Å². The van der Waals surface area contributed by atoms with Crippen molar-refractivity contribution in [3.8, 4) is 16.9 Å². The molecule has 0 spiro atoms. The number of nitrogens with zero attached hydrogens (tertiary/aromatic N) is 4. The molecule has 5 aromatic rings. The van der Waals surface area contributed by atoms with Crippen molar-refractivity contribution in [2.45, 2.75) is 20.0 Å². The maximum atomic E-state index is 14.0. The van der Waals surface area contributed by atoms with Crippen LogP contribution in [0.15, 0.2) is 84.0 Å². The topological polar surface area (TPSA) is 78.1 Å². The molecule has 8 nitrogen and oxygen atoms in total. The van der Waals surface area contributed by atoms with Gasteiger partial charge in [-0.15, -0.1) is 0 Å². The van der Waals surface area contributed by atoms with Crippen LogP contribution >= 0.6 is 0 Å². The standard InChI is InChI=1S/C31H32N4O4/c1-4-15-34(17-18-38-3)30(36)26-19-25(31(37)35-16-14-27-28(29(26)35)32-21-33(27)2)23-10-12-24(13-11-23)39-20-22-8-6-5-7-9-22/h5-14,16,19,21H,4,15,17-18,20H2,1-3H3. The summed E-state index contributed by atoms with van der Waals surface area (Å²) < 4.78 is 14.6. The van der Waals surface area contributed by atoms with Crippen LogP contribution in [0.4, 0.5) is 0 Å². The molecular formula is C31H32N4O4. The first-order valence-corrected chi connectivity index (χ1v) is 13.1. The van der Waals surface area contributed by atoms with Crippen molar-refractivity contribution in [3.05, 3.63) is 101 Å². The van der Waals surface area contributed by atoms with Crippen molar-refractivity contribution >= 4 is 22.5 Å². The van der Waals surface area contributed by atoms with Gasteiger partial charge >= 0.3 is 0 Å². The monoisotopic (exact) mass is 524 g/mol. The van der Waals surface area contributed by atoms with Gasteiger partial charge in [0.25, 0.3) is 11.5 Å². The molecule has 8 heteroatoms. The molecular weight excluding hydrogens is 492 g/mol. The molecule has 39 heavy (non-hydrogen) atoms. The predicted molar refractivity (Wildman–Crippen MR) is 152 cm³/mol. The Labute approximate surface area is 227 Å². The average molecular weight is 525 g/mol. The second kappa shape index (κ2) is 11.5. The van der Waals surface area contributed by atoms with Crippen LogP contribution in [0.2, 0.25) is 0 Å². The Balaban J connectivity index is 1.59. The van der Waals surface area contributed by atoms with Gasteiger partial charge in [-0.05, 0) is 41.8 Å². The maximum absolute atomic E-state index is 14.0. The van der Waals surface area contributed by atoms with E-state index >= 15 is 0 Å². The number of methoxy groups -OCH3 is 1. The summed E-state index contributed by atoms with van der Waals surface area (Å²) in [6, 6.07) is 20.9. The van der Waals surface area contributed by atoms with Crippen LogP contribution in [-0.2, 0) is 18.4 Å². The Bertz CT molecular complexity index is 1660. The maximum Gasteiger partial charge on any atom is 0.263 e. The van der Waals surface area contributed by atoms with Crippen LogP contribution in [-0.4, -0.2) is 51.6 Å². The molecule has 3 aromatic heterocycles. The van der Waals surface area contributed by atoms with E-state index in [9.17, 15) is 9.59 Å². The van der Waals surface area contributed by atoms with Crippen molar-refractivity contribution < 1.29 is 14.3 Å². The van der Waals surface area contributed by atoms with Crippen LogP contribution in [0.25, 0.3) is 27.7 Å². The Hall–Kier alpha value is -4.43. The van der Waals surface area contributed by atoms with Crippen molar-refractivity contribution in [1.82, 2.24) is 18.9 Å². The largest absolute Gasteiger partial charge is 0.489 e. The highest BCUT2D eigenvalue weighted by atomic mass is 16.5. The molecule has 2 aromatic carbocycles. The molecule has 0 radical (unpaired) electrons. The number of fused-ring (bicyclic) bond motifs is 3.